The van der Waals surface area contributed by atoms with Gasteiger partial charge in [0, 0.05) is 18.5 Å². The second-order valence-corrected chi connectivity index (χ2v) is 5.57. The van der Waals surface area contributed by atoms with Gasteiger partial charge in [0.25, 0.3) is 5.91 Å². The highest BCUT2D eigenvalue weighted by atomic mass is 16.2. The number of benzene rings is 1. The summed E-state index contributed by atoms with van der Waals surface area (Å²) in [4.78, 5) is 16.8. The van der Waals surface area contributed by atoms with Crippen LogP contribution < -0.4 is 0 Å². The molecule has 0 saturated carbocycles. The van der Waals surface area contributed by atoms with Crippen LogP contribution in [0, 0.1) is 0 Å². The first-order valence-corrected chi connectivity index (χ1v) is 7.05. The molecule has 1 fully saturated rings. The van der Waals surface area contributed by atoms with Gasteiger partial charge in [-0.3, -0.25) is 9.89 Å². The molecule has 1 N–H and O–H groups in total. The van der Waals surface area contributed by atoms with E-state index in [1.807, 2.05) is 36.2 Å². The number of carbonyl (C=O) groups excluding carboxylic acids is 1. The molecule has 5 nitrogen and oxygen atoms in total. The molecule has 1 aliphatic rings. The number of para-hydroxylation sites is 1. The van der Waals surface area contributed by atoms with Crippen LogP contribution in [0.2, 0.25) is 0 Å². The molecule has 0 atom stereocenters. The summed E-state index contributed by atoms with van der Waals surface area (Å²) in [5.74, 6) is 0.0111. The van der Waals surface area contributed by atoms with Crippen LogP contribution in [-0.2, 0) is 0 Å². The van der Waals surface area contributed by atoms with E-state index in [9.17, 15) is 4.79 Å². The van der Waals surface area contributed by atoms with E-state index in [0.29, 0.717) is 11.7 Å². The molecule has 2 aromatic rings. The Morgan fingerprint density at radius 2 is 2.05 bits per heavy atom. The highest BCUT2D eigenvalue weighted by Gasteiger charge is 2.26. The summed E-state index contributed by atoms with van der Waals surface area (Å²) in [6.45, 7) is 2.09. The third-order valence-electron chi connectivity index (χ3n) is 4.23. The van der Waals surface area contributed by atoms with Gasteiger partial charge in [0.15, 0.2) is 5.69 Å². The summed E-state index contributed by atoms with van der Waals surface area (Å²) >= 11 is 0. The number of hydrogen-bond donors (Lipinski definition) is 1. The fourth-order valence-electron chi connectivity index (χ4n) is 2.84. The number of likely N-dealkylation sites (tertiary alicyclic amines) is 1. The molecule has 106 valence electrons. The maximum absolute atomic E-state index is 12.6. The van der Waals surface area contributed by atoms with Crippen molar-refractivity contribution in [2.45, 2.75) is 18.9 Å². The van der Waals surface area contributed by atoms with Crippen molar-refractivity contribution >= 4 is 16.8 Å². The molecule has 0 radical (unpaired) electrons. The standard InChI is InChI=1S/C15H20N4O/c1-18-9-7-11(8-10-18)19(2)15(20)14-12-5-3-4-6-13(12)16-17-14/h3-6,11H,7-10H2,1-2H3,(H,16,17). The Hall–Kier alpha value is -1.88. The fraction of sp³-hybridized carbons (Fsp3) is 0.467. The van der Waals surface area contributed by atoms with Crippen molar-refractivity contribution in [3.8, 4) is 0 Å². The lowest BCUT2D eigenvalue weighted by Crippen LogP contribution is -2.44. The van der Waals surface area contributed by atoms with Crippen molar-refractivity contribution in [3.05, 3.63) is 30.0 Å². The topological polar surface area (TPSA) is 52.2 Å². The Labute approximate surface area is 118 Å². The monoisotopic (exact) mass is 272 g/mol. The van der Waals surface area contributed by atoms with Crippen LogP contribution in [-0.4, -0.2) is 59.1 Å². The number of piperidine rings is 1. The van der Waals surface area contributed by atoms with Crippen molar-refractivity contribution < 1.29 is 4.79 Å². The number of H-pyrrole nitrogens is 1. The van der Waals surface area contributed by atoms with Crippen LogP contribution >= 0.6 is 0 Å². The molecule has 2 heterocycles. The van der Waals surface area contributed by atoms with Gasteiger partial charge in [-0.1, -0.05) is 18.2 Å². The maximum Gasteiger partial charge on any atom is 0.274 e. The van der Waals surface area contributed by atoms with Gasteiger partial charge >= 0.3 is 0 Å². The number of aromatic nitrogens is 2. The van der Waals surface area contributed by atoms with Gasteiger partial charge in [0.05, 0.1) is 5.52 Å². The quantitative estimate of drug-likeness (QED) is 0.906. The molecule has 1 aromatic carbocycles. The van der Waals surface area contributed by atoms with Gasteiger partial charge in [-0.25, -0.2) is 0 Å². The Balaban J connectivity index is 1.81. The lowest BCUT2D eigenvalue weighted by Gasteiger charge is -2.34. The summed E-state index contributed by atoms with van der Waals surface area (Å²) in [5.41, 5.74) is 1.44. The Kier molecular flexibility index (Phi) is 3.44. The number of hydrogen-bond acceptors (Lipinski definition) is 3. The van der Waals surface area contributed by atoms with Crippen LogP contribution in [0.25, 0.3) is 10.9 Å². The van der Waals surface area contributed by atoms with Gasteiger partial charge in [0.2, 0.25) is 0 Å². The molecule has 20 heavy (non-hydrogen) atoms. The van der Waals surface area contributed by atoms with Gasteiger partial charge in [-0.2, -0.15) is 5.10 Å². The first-order chi connectivity index (χ1) is 9.66. The normalized spacial score (nSPS) is 17.5. The highest BCUT2D eigenvalue weighted by molar-refractivity contribution is 6.04. The van der Waals surface area contributed by atoms with Gasteiger partial charge in [0.1, 0.15) is 0 Å². The number of rotatable bonds is 2. The summed E-state index contributed by atoms with van der Waals surface area (Å²) in [6, 6.07) is 8.07. The van der Waals surface area contributed by atoms with Crippen LogP contribution in [0.3, 0.4) is 0 Å². The summed E-state index contributed by atoms with van der Waals surface area (Å²) in [7, 11) is 4.01. The third-order valence-corrected chi connectivity index (χ3v) is 4.23. The number of fused-ring (bicyclic) bond motifs is 1. The lowest BCUT2D eigenvalue weighted by atomic mass is 10.0. The minimum Gasteiger partial charge on any atom is -0.337 e. The predicted molar refractivity (Wildman–Crippen MR) is 78.7 cm³/mol. The molecule has 1 aromatic heterocycles. The second-order valence-electron chi connectivity index (χ2n) is 5.57. The molecule has 0 aliphatic carbocycles. The minimum absolute atomic E-state index is 0.0111. The summed E-state index contributed by atoms with van der Waals surface area (Å²) in [5, 5.41) is 8.03. The molecular weight excluding hydrogens is 252 g/mol. The van der Waals surface area contributed by atoms with E-state index in [2.05, 4.69) is 22.1 Å². The number of carbonyl (C=O) groups is 1. The van der Waals surface area contributed by atoms with Crippen LogP contribution in [0.5, 0.6) is 0 Å². The summed E-state index contributed by atoms with van der Waals surface area (Å²) < 4.78 is 0. The van der Waals surface area contributed by atoms with E-state index in [4.69, 9.17) is 0 Å². The van der Waals surface area contributed by atoms with Crippen molar-refractivity contribution in [1.82, 2.24) is 20.0 Å². The van der Waals surface area contributed by atoms with Gasteiger partial charge < -0.3 is 9.80 Å². The Morgan fingerprint density at radius 1 is 1.35 bits per heavy atom. The van der Waals surface area contributed by atoms with Crippen LogP contribution in [0.4, 0.5) is 0 Å². The Morgan fingerprint density at radius 3 is 2.80 bits per heavy atom. The molecule has 1 saturated heterocycles. The van der Waals surface area contributed by atoms with Crippen molar-refractivity contribution in [3.63, 3.8) is 0 Å². The number of nitrogens with one attached hydrogen (secondary N) is 1. The molecule has 0 unspecified atom stereocenters. The van der Waals surface area contributed by atoms with E-state index < -0.39 is 0 Å². The zero-order chi connectivity index (χ0) is 14.1. The lowest BCUT2D eigenvalue weighted by molar-refractivity contribution is 0.0655. The molecule has 0 spiro atoms. The SMILES string of the molecule is CN1CCC(N(C)C(=O)c2n[nH]c3ccccc23)CC1. The largest absolute Gasteiger partial charge is 0.337 e. The molecular formula is C15H20N4O. The highest BCUT2D eigenvalue weighted by Crippen LogP contribution is 2.20. The molecule has 5 heteroatoms. The van der Waals surface area contributed by atoms with Crippen LogP contribution in [0.1, 0.15) is 23.3 Å². The van der Waals surface area contributed by atoms with E-state index in [0.717, 1.165) is 36.8 Å². The average molecular weight is 272 g/mol. The fourth-order valence-corrected chi connectivity index (χ4v) is 2.84. The zero-order valence-corrected chi connectivity index (χ0v) is 12.0. The molecule has 0 bridgehead atoms. The van der Waals surface area contributed by atoms with Crippen molar-refractivity contribution in [2.75, 3.05) is 27.2 Å². The van der Waals surface area contributed by atoms with E-state index in [-0.39, 0.29) is 5.91 Å². The first kappa shape index (κ1) is 13.1. The number of aromatic amines is 1. The maximum atomic E-state index is 12.6. The summed E-state index contributed by atoms with van der Waals surface area (Å²) in [6.07, 6.45) is 2.06. The van der Waals surface area contributed by atoms with Crippen LogP contribution in [0.15, 0.2) is 24.3 Å². The number of nitrogens with zero attached hydrogens (tertiary/aromatic N) is 3. The smallest absolute Gasteiger partial charge is 0.274 e. The van der Waals surface area contributed by atoms with Crippen molar-refractivity contribution in [2.24, 2.45) is 0 Å². The zero-order valence-electron chi connectivity index (χ0n) is 12.0. The van der Waals surface area contributed by atoms with E-state index in [1.165, 1.54) is 0 Å². The molecule has 3 rings (SSSR count). The van der Waals surface area contributed by atoms with E-state index in [1.54, 1.807) is 0 Å². The average Bonchev–Trinajstić information content (AvgIpc) is 2.90. The van der Waals surface area contributed by atoms with E-state index >= 15 is 0 Å². The second kappa shape index (κ2) is 5.25. The van der Waals surface area contributed by atoms with Crippen molar-refractivity contribution in [1.29, 1.82) is 0 Å². The first-order valence-electron chi connectivity index (χ1n) is 7.05. The van der Waals surface area contributed by atoms with Gasteiger partial charge in [-0.15, -0.1) is 0 Å². The number of amides is 1. The minimum atomic E-state index is 0.0111. The molecule has 1 amide bonds. The Bertz CT molecular complexity index is 613. The molecule has 1 aliphatic heterocycles. The van der Waals surface area contributed by atoms with Gasteiger partial charge in [-0.05, 0) is 39.0 Å². The third kappa shape index (κ3) is 2.29. The predicted octanol–water partition coefficient (Wildman–Crippen LogP) is 1.73.